The number of carbonyl (C=O) groups is 1. The molecule has 17 heavy (non-hydrogen) atoms. The fourth-order valence-electron chi connectivity index (χ4n) is 1.80. The lowest BCUT2D eigenvalue weighted by atomic mass is 10.1. The first-order valence-electron chi connectivity index (χ1n) is 5.44. The van der Waals surface area contributed by atoms with E-state index < -0.39 is 12.0 Å². The largest absolute Gasteiger partial charge is 0.480 e. The number of benzene rings is 1. The summed E-state index contributed by atoms with van der Waals surface area (Å²) in [5.74, 6) is -0.528. The molecule has 1 fully saturated rings. The second-order valence-corrected chi connectivity index (χ2v) is 6.11. The van der Waals surface area contributed by atoms with E-state index in [2.05, 4.69) is 37.2 Å². The Hall–Kier alpha value is -0.550. The third-order valence-electron chi connectivity index (χ3n) is 2.85. The van der Waals surface area contributed by atoms with Gasteiger partial charge in [0.05, 0.1) is 5.69 Å². The van der Waals surface area contributed by atoms with Crippen LogP contribution in [-0.2, 0) is 4.79 Å². The van der Waals surface area contributed by atoms with Gasteiger partial charge in [0.1, 0.15) is 6.04 Å². The molecule has 5 heteroatoms. The Morgan fingerprint density at radius 3 is 2.35 bits per heavy atom. The van der Waals surface area contributed by atoms with Gasteiger partial charge in [-0.05, 0) is 75.2 Å². The monoisotopic (exact) mass is 361 g/mol. The number of hydrogen-bond acceptors (Lipinski definition) is 2. The Bertz CT molecular complexity index is 435. The molecule has 1 aromatic rings. The van der Waals surface area contributed by atoms with Gasteiger partial charge in [0.2, 0.25) is 0 Å². The van der Waals surface area contributed by atoms with Gasteiger partial charge in [0, 0.05) is 8.95 Å². The second-order valence-electron chi connectivity index (χ2n) is 4.40. The standard InChI is InChI=1S/C12H13Br2NO2/c1-6-4-8(13)11(9(14)5-6)15-10(12(16)17)7-2-3-7/h4-5,7,10,15H,2-3H2,1H3,(H,16,17). The molecule has 1 unspecified atom stereocenters. The molecule has 1 saturated carbocycles. The highest BCUT2D eigenvalue weighted by Crippen LogP contribution is 2.38. The molecule has 0 saturated heterocycles. The molecule has 0 bridgehead atoms. The average Bonchev–Trinajstić information content (AvgIpc) is 2.99. The molecule has 0 heterocycles. The van der Waals surface area contributed by atoms with Gasteiger partial charge < -0.3 is 10.4 Å². The summed E-state index contributed by atoms with van der Waals surface area (Å²) in [5, 5.41) is 12.3. The zero-order valence-electron chi connectivity index (χ0n) is 9.34. The lowest BCUT2D eigenvalue weighted by molar-refractivity contribution is -0.138. The highest BCUT2D eigenvalue weighted by atomic mass is 79.9. The maximum atomic E-state index is 11.2. The SMILES string of the molecule is Cc1cc(Br)c(NC(C(=O)O)C2CC2)c(Br)c1. The van der Waals surface area contributed by atoms with Gasteiger partial charge in [-0.1, -0.05) is 0 Å². The minimum Gasteiger partial charge on any atom is -0.480 e. The first-order chi connectivity index (χ1) is 7.99. The van der Waals surface area contributed by atoms with Crippen molar-refractivity contribution in [3.05, 3.63) is 26.6 Å². The fraction of sp³-hybridized carbons (Fsp3) is 0.417. The Morgan fingerprint density at radius 1 is 1.41 bits per heavy atom. The molecule has 1 aromatic carbocycles. The smallest absolute Gasteiger partial charge is 0.326 e. The van der Waals surface area contributed by atoms with E-state index in [0.29, 0.717) is 0 Å². The van der Waals surface area contributed by atoms with Crippen LogP contribution in [0.3, 0.4) is 0 Å². The second kappa shape index (κ2) is 4.98. The van der Waals surface area contributed by atoms with Gasteiger partial charge in [-0.2, -0.15) is 0 Å². The number of aryl methyl sites for hydroxylation is 1. The van der Waals surface area contributed by atoms with E-state index in [-0.39, 0.29) is 5.92 Å². The third-order valence-corrected chi connectivity index (χ3v) is 4.10. The van der Waals surface area contributed by atoms with E-state index in [1.807, 2.05) is 19.1 Å². The maximum absolute atomic E-state index is 11.2. The van der Waals surface area contributed by atoms with Gasteiger partial charge in [-0.15, -0.1) is 0 Å². The van der Waals surface area contributed by atoms with Crippen molar-refractivity contribution in [3.63, 3.8) is 0 Å². The maximum Gasteiger partial charge on any atom is 0.326 e. The van der Waals surface area contributed by atoms with Crippen molar-refractivity contribution in [1.29, 1.82) is 0 Å². The van der Waals surface area contributed by atoms with Crippen molar-refractivity contribution in [2.75, 3.05) is 5.32 Å². The van der Waals surface area contributed by atoms with Crippen LogP contribution < -0.4 is 5.32 Å². The van der Waals surface area contributed by atoms with E-state index in [1.54, 1.807) is 0 Å². The third kappa shape index (κ3) is 3.01. The molecular weight excluding hydrogens is 350 g/mol. The number of aliphatic carboxylic acids is 1. The summed E-state index contributed by atoms with van der Waals surface area (Å²) in [6.45, 7) is 1.99. The number of halogens is 2. The summed E-state index contributed by atoms with van der Waals surface area (Å²) < 4.78 is 1.77. The Labute approximate surface area is 117 Å². The molecule has 1 aliphatic carbocycles. The van der Waals surface area contributed by atoms with Crippen LogP contribution in [0.15, 0.2) is 21.1 Å². The van der Waals surface area contributed by atoms with E-state index in [1.165, 1.54) is 0 Å². The quantitative estimate of drug-likeness (QED) is 0.856. The molecule has 2 rings (SSSR count). The van der Waals surface area contributed by atoms with E-state index in [0.717, 1.165) is 33.0 Å². The van der Waals surface area contributed by atoms with Gasteiger partial charge >= 0.3 is 5.97 Å². The Kier molecular flexibility index (Phi) is 3.78. The van der Waals surface area contributed by atoms with Crippen LogP contribution in [0.2, 0.25) is 0 Å². The summed E-state index contributed by atoms with van der Waals surface area (Å²) in [7, 11) is 0. The summed E-state index contributed by atoms with van der Waals surface area (Å²) in [6.07, 6.45) is 1.98. The molecule has 0 aromatic heterocycles. The molecule has 0 spiro atoms. The highest BCUT2D eigenvalue weighted by molar-refractivity contribution is 9.11. The molecular formula is C12H13Br2NO2. The first-order valence-corrected chi connectivity index (χ1v) is 7.02. The van der Waals surface area contributed by atoms with Gasteiger partial charge in [-0.25, -0.2) is 4.79 Å². The number of rotatable bonds is 4. The Balaban J connectivity index is 2.25. The number of carboxylic acids is 1. The molecule has 3 nitrogen and oxygen atoms in total. The minimum absolute atomic E-state index is 0.257. The van der Waals surface area contributed by atoms with Crippen molar-refractivity contribution in [2.45, 2.75) is 25.8 Å². The molecule has 2 N–H and O–H groups in total. The highest BCUT2D eigenvalue weighted by Gasteiger charge is 2.36. The minimum atomic E-state index is -0.785. The zero-order chi connectivity index (χ0) is 12.6. The van der Waals surface area contributed by atoms with Gasteiger partial charge in [0.25, 0.3) is 0 Å². The number of hydrogen-bond donors (Lipinski definition) is 2. The fourth-order valence-corrected chi connectivity index (χ4v) is 3.45. The number of anilines is 1. The normalized spacial score (nSPS) is 16.6. The molecule has 0 radical (unpaired) electrons. The van der Waals surface area contributed by atoms with Gasteiger partial charge in [0.15, 0.2) is 0 Å². The first kappa shape index (κ1) is 12.9. The predicted molar refractivity (Wildman–Crippen MR) is 74.3 cm³/mol. The van der Waals surface area contributed by atoms with Crippen LogP contribution in [0, 0.1) is 12.8 Å². The number of carboxylic acid groups (broad SMARTS) is 1. The lowest BCUT2D eigenvalue weighted by Gasteiger charge is -2.18. The van der Waals surface area contributed by atoms with E-state index >= 15 is 0 Å². The zero-order valence-corrected chi connectivity index (χ0v) is 12.5. The lowest BCUT2D eigenvalue weighted by Crippen LogP contribution is -2.31. The number of nitrogens with one attached hydrogen (secondary N) is 1. The van der Waals surface area contributed by atoms with Crippen molar-refractivity contribution < 1.29 is 9.90 Å². The van der Waals surface area contributed by atoms with E-state index in [9.17, 15) is 9.90 Å². The van der Waals surface area contributed by atoms with Crippen LogP contribution in [-0.4, -0.2) is 17.1 Å². The van der Waals surface area contributed by atoms with Crippen molar-refractivity contribution in [1.82, 2.24) is 0 Å². The van der Waals surface area contributed by atoms with Crippen LogP contribution in [0.5, 0.6) is 0 Å². The van der Waals surface area contributed by atoms with Crippen molar-refractivity contribution in [2.24, 2.45) is 5.92 Å². The summed E-state index contributed by atoms with van der Waals surface area (Å²) in [5.41, 5.74) is 1.93. The molecule has 92 valence electrons. The molecule has 1 atom stereocenters. The van der Waals surface area contributed by atoms with E-state index in [4.69, 9.17) is 0 Å². The Morgan fingerprint density at radius 2 is 1.94 bits per heavy atom. The van der Waals surface area contributed by atoms with Crippen LogP contribution in [0.25, 0.3) is 0 Å². The summed E-state index contributed by atoms with van der Waals surface area (Å²) in [4.78, 5) is 11.2. The summed E-state index contributed by atoms with van der Waals surface area (Å²) in [6, 6.07) is 3.45. The topological polar surface area (TPSA) is 49.3 Å². The van der Waals surface area contributed by atoms with Crippen LogP contribution >= 0.6 is 31.9 Å². The molecule has 0 amide bonds. The average molecular weight is 363 g/mol. The van der Waals surface area contributed by atoms with Crippen molar-refractivity contribution in [3.8, 4) is 0 Å². The van der Waals surface area contributed by atoms with Crippen LogP contribution in [0.1, 0.15) is 18.4 Å². The predicted octanol–water partition coefficient (Wildman–Crippen LogP) is 3.80. The van der Waals surface area contributed by atoms with Gasteiger partial charge in [-0.3, -0.25) is 0 Å². The summed E-state index contributed by atoms with van der Waals surface area (Å²) >= 11 is 6.92. The molecule has 1 aliphatic rings. The van der Waals surface area contributed by atoms with Crippen LogP contribution in [0.4, 0.5) is 5.69 Å². The van der Waals surface area contributed by atoms with Crippen molar-refractivity contribution >= 4 is 43.5 Å². The molecule has 0 aliphatic heterocycles.